The maximum absolute atomic E-state index is 4.84. The zero-order valence-corrected chi connectivity index (χ0v) is 17.0. The number of rotatable bonds is 5. The molecular weight excluding hydrogens is 348 g/mol. The smallest absolute Gasteiger partial charge is 0.180 e. The predicted octanol–water partition coefficient (Wildman–Crippen LogP) is 3.83. The van der Waals surface area contributed by atoms with Crippen LogP contribution in [0.5, 0.6) is 0 Å². The van der Waals surface area contributed by atoms with Crippen molar-refractivity contribution in [2.75, 3.05) is 18.0 Å². The van der Waals surface area contributed by atoms with E-state index in [2.05, 4.69) is 57.6 Å². The standard InChI is InChI=1S/C22H28N6/c1-4-19-14-21(25-22(24-19)20-7-5-6-10-23-20)27-11-8-18(9-12-27)15-28-17(3)13-16(2)26-28/h5-7,10,13-14,18H,4,8-9,11-12,15H2,1-3H3. The van der Waals surface area contributed by atoms with E-state index in [1.54, 1.807) is 6.20 Å². The summed E-state index contributed by atoms with van der Waals surface area (Å²) >= 11 is 0. The van der Waals surface area contributed by atoms with Crippen LogP contribution in [0, 0.1) is 19.8 Å². The molecule has 0 aromatic carbocycles. The van der Waals surface area contributed by atoms with E-state index in [0.29, 0.717) is 5.92 Å². The number of aromatic nitrogens is 5. The van der Waals surface area contributed by atoms with Gasteiger partial charge in [0.15, 0.2) is 5.82 Å². The molecule has 1 saturated heterocycles. The van der Waals surface area contributed by atoms with Crippen molar-refractivity contribution in [3.8, 4) is 11.5 Å². The summed E-state index contributed by atoms with van der Waals surface area (Å²) in [6.07, 6.45) is 5.00. The molecule has 0 bridgehead atoms. The molecule has 0 N–H and O–H groups in total. The summed E-state index contributed by atoms with van der Waals surface area (Å²) in [6.45, 7) is 9.39. The number of hydrogen-bond acceptors (Lipinski definition) is 5. The van der Waals surface area contributed by atoms with Gasteiger partial charge in [-0.25, -0.2) is 9.97 Å². The second-order valence-corrected chi connectivity index (χ2v) is 7.65. The average molecular weight is 377 g/mol. The van der Waals surface area contributed by atoms with Crippen LogP contribution in [0.25, 0.3) is 11.5 Å². The molecule has 4 heterocycles. The Bertz CT molecular complexity index is 925. The number of anilines is 1. The molecule has 4 rings (SSSR count). The van der Waals surface area contributed by atoms with Gasteiger partial charge in [0.2, 0.25) is 0 Å². The van der Waals surface area contributed by atoms with Gasteiger partial charge in [0, 0.05) is 43.3 Å². The molecular formula is C22H28N6. The van der Waals surface area contributed by atoms with Gasteiger partial charge in [0.1, 0.15) is 11.5 Å². The third kappa shape index (κ3) is 4.06. The summed E-state index contributed by atoms with van der Waals surface area (Å²) in [7, 11) is 0. The molecule has 0 amide bonds. The fraction of sp³-hybridized carbons (Fsp3) is 0.455. The molecule has 0 spiro atoms. The number of piperidine rings is 1. The first kappa shape index (κ1) is 18.6. The van der Waals surface area contributed by atoms with Gasteiger partial charge in [0.05, 0.1) is 5.69 Å². The molecule has 6 nitrogen and oxygen atoms in total. The van der Waals surface area contributed by atoms with E-state index in [-0.39, 0.29) is 0 Å². The number of aryl methyl sites for hydroxylation is 3. The van der Waals surface area contributed by atoms with Crippen LogP contribution in [0.15, 0.2) is 36.5 Å². The van der Waals surface area contributed by atoms with Gasteiger partial charge < -0.3 is 4.90 Å². The van der Waals surface area contributed by atoms with Crippen LogP contribution in [-0.4, -0.2) is 37.8 Å². The van der Waals surface area contributed by atoms with Crippen molar-refractivity contribution in [3.05, 3.63) is 53.6 Å². The van der Waals surface area contributed by atoms with Gasteiger partial charge in [-0.1, -0.05) is 13.0 Å². The lowest BCUT2D eigenvalue weighted by atomic mass is 9.96. The molecule has 1 fully saturated rings. The van der Waals surface area contributed by atoms with Crippen molar-refractivity contribution >= 4 is 5.82 Å². The Hall–Kier alpha value is -2.76. The van der Waals surface area contributed by atoms with Crippen LogP contribution >= 0.6 is 0 Å². The molecule has 0 radical (unpaired) electrons. The topological polar surface area (TPSA) is 59.7 Å². The minimum atomic E-state index is 0.664. The molecule has 0 atom stereocenters. The third-order valence-electron chi connectivity index (χ3n) is 5.49. The second kappa shape index (κ2) is 8.09. The first-order valence-corrected chi connectivity index (χ1v) is 10.2. The lowest BCUT2D eigenvalue weighted by Gasteiger charge is -2.33. The molecule has 146 valence electrons. The van der Waals surface area contributed by atoms with Gasteiger partial charge >= 0.3 is 0 Å². The molecule has 0 unspecified atom stereocenters. The van der Waals surface area contributed by atoms with Gasteiger partial charge in [-0.15, -0.1) is 0 Å². The summed E-state index contributed by atoms with van der Waals surface area (Å²) in [4.78, 5) is 16.3. The number of hydrogen-bond donors (Lipinski definition) is 0. The first-order chi connectivity index (χ1) is 13.6. The molecule has 3 aromatic rings. The average Bonchev–Trinajstić information content (AvgIpc) is 3.05. The van der Waals surface area contributed by atoms with Gasteiger partial charge in [-0.2, -0.15) is 5.10 Å². The first-order valence-electron chi connectivity index (χ1n) is 10.2. The Morgan fingerprint density at radius 2 is 1.89 bits per heavy atom. The molecule has 28 heavy (non-hydrogen) atoms. The van der Waals surface area contributed by atoms with Crippen molar-refractivity contribution in [1.82, 2.24) is 24.7 Å². The quantitative estimate of drug-likeness (QED) is 0.677. The Balaban J connectivity index is 1.47. The van der Waals surface area contributed by atoms with Crippen LogP contribution in [0.1, 0.15) is 36.8 Å². The summed E-state index contributed by atoms with van der Waals surface area (Å²) in [5, 5.41) is 4.62. The number of pyridine rings is 1. The van der Waals surface area contributed by atoms with Crippen molar-refractivity contribution in [3.63, 3.8) is 0 Å². The van der Waals surface area contributed by atoms with E-state index in [4.69, 9.17) is 4.98 Å². The fourth-order valence-corrected chi connectivity index (χ4v) is 3.88. The fourth-order valence-electron chi connectivity index (χ4n) is 3.88. The van der Waals surface area contributed by atoms with E-state index in [9.17, 15) is 0 Å². The van der Waals surface area contributed by atoms with E-state index in [1.807, 2.05) is 18.2 Å². The Labute approximate surface area is 166 Å². The second-order valence-electron chi connectivity index (χ2n) is 7.65. The van der Waals surface area contributed by atoms with Crippen LogP contribution in [0.4, 0.5) is 5.82 Å². The van der Waals surface area contributed by atoms with Crippen LogP contribution in [-0.2, 0) is 13.0 Å². The summed E-state index contributed by atoms with van der Waals surface area (Å²) in [5.74, 6) is 2.41. The predicted molar refractivity (Wildman–Crippen MR) is 111 cm³/mol. The normalized spacial score (nSPS) is 15.2. The molecule has 1 aliphatic heterocycles. The summed E-state index contributed by atoms with van der Waals surface area (Å²) in [5.41, 5.74) is 4.25. The van der Waals surface area contributed by atoms with Crippen molar-refractivity contribution < 1.29 is 0 Å². The van der Waals surface area contributed by atoms with E-state index in [0.717, 1.165) is 67.6 Å². The highest BCUT2D eigenvalue weighted by molar-refractivity contribution is 5.53. The van der Waals surface area contributed by atoms with Crippen molar-refractivity contribution in [1.29, 1.82) is 0 Å². The maximum atomic E-state index is 4.84. The van der Waals surface area contributed by atoms with Gasteiger partial charge in [0.25, 0.3) is 0 Å². The highest BCUT2D eigenvalue weighted by atomic mass is 15.3. The number of nitrogens with zero attached hydrogens (tertiary/aromatic N) is 6. The largest absolute Gasteiger partial charge is 0.356 e. The lowest BCUT2D eigenvalue weighted by molar-refractivity contribution is 0.338. The van der Waals surface area contributed by atoms with E-state index < -0.39 is 0 Å². The monoisotopic (exact) mass is 376 g/mol. The van der Waals surface area contributed by atoms with Gasteiger partial charge in [-0.05, 0) is 57.2 Å². The van der Waals surface area contributed by atoms with Crippen molar-refractivity contribution in [2.45, 2.75) is 46.6 Å². The zero-order chi connectivity index (χ0) is 19.5. The SMILES string of the molecule is CCc1cc(N2CCC(Cn3nc(C)cc3C)CC2)nc(-c2ccccn2)n1. The Morgan fingerprint density at radius 1 is 1.07 bits per heavy atom. The summed E-state index contributed by atoms with van der Waals surface area (Å²) in [6, 6.07) is 10.2. The summed E-state index contributed by atoms with van der Waals surface area (Å²) < 4.78 is 2.16. The zero-order valence-electron chi connectivity index (χ0n) is 17.0. The maximum Gasteiger partial charge on any atom is 0.180 e. The molecule has 0 aliphatic carbocycles. The minimum Gasteiger partial charge on any atom is -0.356 e. The molecule has 3 aromatic heterocycles. The van der Waals surface area contributed by atoms with Gasteiger partial charge in [-0.3, -0.25) is 9.67 Å². The van der Waals surface area contributed by atoms with Crippen LogP contribution in [0.2, 0.25) is 0 Å². The van der Waals surface area contributed by atoms with E-state index in [1.165, 1.54) is 5.69 Å². The highest BCUT2D eigenvalue weighted by Gasteiger charge is 2.22. The molecule has 0 saturated carbocycles. The third-order valence-corrected chi connectivity index (χ3v) is 5.49. The van der Waals surface area contributed by atoms with Crippen LogP contribution in [0.3, 0.4) is 0 Å². The lowest BCUT2D eigenvalue weighted by Crippen LogP contribution is -2.36. The Morgan fingerprint density at radius 3 is 2.54 bits per heavy atom. The molecule has 6 heteroatoms. The minimum absolute atomic E-state index is 0.664. The van der Waals surface area contributed by atoms with Crippen LogP contribution < -0.4 is 4.90 Å². The highest BCUT2D eigenvalue weighted by Crippen LogP contribution is 2.25. The molecule has 1 aliphatic rings. The van der Waals surface area contributed by atoms with E-state index >= 15 is 0 Å². The Kier molecular flexibility index (Phi) is 5.37. The van der Waals surface area contributed by atoms with Crippen molar-refractivity contribution in [2.24, 2.45) is 5.92 Å².